The van der Waals surface area contributed by atoms with E-state index in [2.05, 4.69) is 15.5 Å². The highest BCUT2D eigenvalue weighted by Gasteiger charge is 2.55. The van der Waals surface area contributed by atoms with E-state index in [-0.39, 0.29) is 10.8 Å². The monoisotopic (exact) mass is 563 g/mol. The van der Waals surface area contributed by atoms with Gasteiger partial charge in [0.15, 0.2) is 10.8 Å². The van der Waals surface area contributed by atoms with Crippen LogP contribution in [0.3, 0.4) is 0 Å². The summed E-state index contributed by atoms with van der Waals surface area (Å²) in [6.45, 7) is 8.04. The van der Waals surface area contributed by atoms with Crippen molar-refractivity contribution in [2.75, 3.05) is 19.6 Å². The minimum Gasteiger partial charge on any atom is -0.478 e. The molecule has 4 N–H and O–H groups in total. The van der Waals surface area contributed by atoms with E-state index in [1.54, 1.807) is 20.8 Å². The molecule has 1 saturated heterocycles. The van der Waals surface area contributed by atoms with Gasteiger partial charge in [-0.05, 0) is 41.5 Å². The summed E-state index contributed by atoms with van der Waals surface area (Å²) in [7, 11) is -3.17. The van der Waals surface area contributed by atoms with Crippen LogP contribution < -0.4 is 11.1 Å². The molecular weight excluding hydrogens is 533 g/mol. The molecule has 1 aromatic heterocycles. The van der Waals surface area contributed by atoms with Crippen molar-refractivity contribution in [3.63, 3.8) is 0 Å². The summed E-state index contributed by atoms with van der Waals surface area (Å²) in [6, 6.07) is -2.05. The van der Waals surface area contributed by atoms with E-state index in [9.17, 15) is 28.8 Å². The first-order valence-electron chi connectivity index (χ1n) is 10.8. The van der Waals surface area contributed by atoms with Crippen molar-refractivity contribution in [1.29, 1.82) is 0 Å². The van der Waals surface area contributed by atoms with E-state index < -0.39 is 67.1 Å². The standard InChI is InChI=1S/C20H30N5O10PS/c1-10-12(15(27)25(10)36(31,32-7)34-9-33-17(30)19(2,3)4)23-14(26)13(11-8-37-18(21)22-11)24-35-20(5,6)16(28)29/h8,10,12H,9H2,1-7H3,(H2,21,22)(H,23,26)(H,28,29)/b24-13-/t10?,12-,36?/m1/s1. The number of nitrogens with two attached hydrogens (primary N) is 1. The third kappa shape index (κ3) is 6.83. The Morgan fingerprint density at radius 3 is 2.38 bits per heavy atom. The molecule has 17 heteroatoms. The number of nitrogens with zero attached hydrogens (tertiary/aromatic N) is 3. The van der Waals surface area contributed by atoms with Gasteiger partial charge >= 0.3 is 19.7 Å². The van der Waals surface area contributed by atoms with Gasteiger partial charge in [0.1, 0.15) is 11.7 Å². The van der Waals surface area contributed by atoms with Crippen LogP contribution in [0.25, 0.3) is 0 Å². The highest BCUT2D eigenvalue weighted by atomic mass is 32.1. The summed E-state index contributed by atoms with van der Waals surface area (Å²) < 4.78 is 28.9. The lowest BCUT2D eigenvalue weighted by Gasteiger charge is -2.46. The molecule has 1 aliphatic heterocycles. The zero-order valence-corrected chi connectivity index (χ0v) is 23.0. The van der Waals surface area contributed by atoms with Crippen molar-refractivity contribution in [2.24, 2.45) is 10.6 Å². The molecular formula is C20H30N5O10PS. The second-order valence-electron chi connectivity index (χ2n) is 9.37. The summed E-state index contributed by atoms with van der Waals surface area (Å²) in [5.41, 5.74) is 2.58. The minimum absolute atomic E-state index is 0.0102. The van der Waals surface area contributed by atoms with Crippen molar-refractivity contribution in [2.45, 2.75) is 59.2 Å². The van der Waals surface area contributed by atoms with Crippen LogP contribution in [0.2, 0.25) is 0 Å². The van der Waals surface area contributed by atoms with Crippen LogP contribution in [0.4, 0.5) is 5.13 Å². The fraction of sp³-hybridized carbons (Fsp3) is 0.600. The van der Waals surface area contributed by atoms with Gasteiger partial charge in [0.05, 0.1) is 11.5 Å². The van der Waals surface area contributed by atoms with Crippen LogP contribution in [0.1, 0.15) is 47.2 Å². The van der Waals surface area contributed by atoms with Gasteiger partial charge < -0.3 is 25.7 Å². The van der Waals surface area contributed by atoms with Gasteiger partial charge in [0, 0.05) is 12.5 Å². The molecule has 37 heavy (non-hydrogen) atoms. The van der Waals surface area contributed by atoms with Crippen LogP contribution in [0.5, 0.6) is 0 Å². The van der Waals surface area contributed by atoms with E-state index >= 15 is 0 Å². The number of nitrogens with one attached hydrogen (secondary N) is 1. The number of carbonyl (C=O) groups excluding carboxylic acids is 3. The van der Waals surface area contributed by atoms with E-state index in [1.807, 2.05) is 0 Å². The average molecular weight is 564 g/mol. The third-order valence-corrected chi connectivity index (χ3v) is 7.68. The molecule has 2 rings (SSSR count). The number of aliphatic carboxylic acids is 1. The molecule has 206 valence electrons. The number of carboxylic acid groups (broad SMARTS) is 1. The van der Waals surface area contributed by atoms with Gasteiger partial charge in [-0.1, -0.05) is 5.16 Å². The molecule has 0 radical (unpaired) electrons. The smallest absolute Gasteiger partial charge is 0.440 e. The van der Waals surface area contributed by atoms with Crippen molar-refractivity contribution in [1.82, 2.24) is 15.0 Å². The number of hydrogen-bond donors (Lipinski definition) is 3. The summed E-state index contributed by atoms with van der Waals surface area (Å²) in [5.74, 6) is -3.69. The predicted octanol–water partition coefficient (Wildman–Crippen LogP) is 1.34. The maximum absolute atomic E-state index is 13.1. The highest BCUT2D eigenvalue weighted by Crippen LogP contribution is 2.56. The maximum Gasteiger partial charge on any atom is 0.440 e. The van der Waals surface area contributed by atoms with Gasteiger partial charge in [-0.25, -0.2) is 19.0 Å². The number of rotatable bonds is 11. The normalized spacial score (nSPS) is 20.0. The molecule has 1 aromatic rings. The predicted molar refractivity (Wildman–Crippen MR) is 130 cm³/mol. The van der Waals surface area contributed by atoms with Crippen LogP contribution in [-0.4, -0.2) is 75.8 Å². The Labute approximate surface area is 216 Å². The average Bonchev–Trinajstić information content (AvgIpc) is 3.22. The SMILES string of the molecule is COP(=O)(OCOC(=O)C(C)(C)C)N1C(=O)[C@H](NC(=O)/C(=N\OC(C)(C)C(=O)O)c2csc(N)n2)C1C. The quantitative estimate of drug-likeness (QED) is 0.0870. The van der Waals surface area contributed by atoms with Gasteiger partial charge in [-0.15, -0.1) is 11.3 Å². The molecule has 0 spiro atoms. The van der Waals surface area contributed by atoms with Gasteiger partial charge in [-0.3, -0.25) is 23.4 Å². The summed E-state index contributed by atoms with van der Waals surface area (Å²) in [6.07, 6.45) is 0. The Balaban J connectivity index is 2.16. The van der Waals surface area contributed by atoms with E-state index in [4.69, 9.17) is 24.4 Å². The number of carbonyl (C=O) groups is 4. The first kappa shape index (κ1) is 30.2. The number of ether oxygens (including phenoxy) is 1. The molecule has 0 aromatic carbocycles. The first-order valence-corrected chi connectivity index (χ1v) is 13.1. The number of carboxylic acids is 1. The Hall–Kier alpha value is -3.07. The number of β-lactam (4-membered cyclic amide) rings is 1. The van der Waals surface area contributed by atoms with Crippen molar-refractivity contribution in [3.8, 4) is 0 Å². The zero-order valence-electron chi connectivity index (χ0n) is 21.3. The van der Waals surface area contributed by atoms with Crippen LogP contribution >= 0.6 is 19.1 Å². The topological polar surface area (TPSA) is 209 Å². The minimum atomic E-state index is -4.22. The van der Waals surface area contributed by atoms with E-state index in [0.717, 1.165) is 23.1 Å². The van der Waals surface area contributed by atoms with Crippen molar-refractivity contribution >= 4 is 53.7 Å². The maximum atomic E-state index is 13.1. The first-order chi connectivity index (χ1) is 16.9. The summed E-state index contributed by atoms with van der Waals surface area (Å²) in [4.78, 5) is 58.0. The lowest BCUT2D eigenvalue weighted by Crippen LogP contribution is -2.68. The number of anilines is 1. The fourth-order valence-corrected chi connectivity index (χ4v) is 4.79. The number of nitrogen functional groups attached to an aromatic ring is 1. The number of aromatic nitrogens is 1. The number of amides is 2. The molecule has 2 heterocycles. The Kier molecular flexibility index (Phi) is 9.07. The third-order valence-electron chi connectivity index (χ3n) is 5.02. The highest BCUT2D eigenvalue weighted by molar-refractivity contribution is 7.52. The van der Waals surface area contributed by atoms with Crippen LogP contribution in [0.15, 0.2) is 10.5 Å². The number of thiazole rings is 1. The van der Waals surface area contributed by atoms with Gasteiger partial charge in [0.25, 0.3) is 11.8 Å². The molecule has 2 unspecified atom stereocenters. The Bertz CT molecular complexity index is 1140. The summed E-state index contributed by atoms with van der Waals surface area (Å²) >= 11 is 1.00. The Morgan fingerprint density at radius 2 is 1.92 bits per heavy atom. The van der Waals surface area contributed by atoms with Crippen LogP contribution in [0, 0.1) is 5.41 Å². The fourth-order valence-electron chi connectivity index (χ4n) is 2.71. The van der Waals surface area contributed by atoms with Crippen molar-refractivity contribution in [3.05, 3.63) is 11.1 Å². The van der Waals surface area contributed by atoms with E-state index in [0.29, 0.717) is 0 Å². The van der Waals surface area contributed by atoms with Gasteiger partial charge in [0.2, 0.25) is 12.4 Å². The summed E-state index contributed by atoms with van der Waals surface area (Å²) in [5, 5.41) is 16.8. The Morgan fingerprint density at radius 1 is 1.30 bits per heavy atom. The largest absolute Gasteiger partial charge is 0.478 e. The second-order valence-corrected chi connectivity index (χ2v) is 12.3. The molecule has 1 aliphatic rings. The van der Waals surface area contributed by atoms with E-state index in [1.165, 1.54) is 26.2 Å². The lowest BCUT2D eigenvalue weighted by molar-refractivity contribution is -0.161. The molecule has 0 bridgehead atoms. The van der Waals surface area contributed by atoms with Gasteiger partial charge in [-0.2, -0.15) is 0 Å². The molecule has 15 nitrogen and oxygen atoms in total. The molecule has 0 saturated carbocycles. The number of esters is 1. The molecule has 1 fully saturated rings. The molecule has 3 atom stereocenters. The van der Waals surface area contributed by atoms with Crippen molar-refractivity contribution < 1.29 is 47.5 Å². The molecule has 0 aliphatic carbocycles. The second kappa shape index (κ2) is 11.1. The number of oxime groups is 1. The number of hydrogen-bond acceptors (Lipinski definition) is 13. The lowest BCUT2D eigenvalue weighted by atomic mass is 9.98. The zero-order chi connectivity index (χ0) is 28.3. The van der Waals surface area contributed by atoms with Crippen LogP contribution in [-0.2, 0) is 42.4 Å². The molecule has 2 amide bonds.